The summed E-state index contributed by atoms with van der Waals surface area (Å²) < 4.78 is 0. The van der Waals surface area contributed by atoms with Crippen LogP contribution >= 0.6 is 23.2 Å². The van der Waals surface area contributed by atoms with Gasteiger partial charge in [0.05, 0.1) is 10.6 Å². The van der Waals surface area contributed by atoms with Crippen molar-refractivity contribution in [2.45, 2.75) is 31.8 Å². The van der Waals surface area contributed by atoms with Crippen LogP contribution in [0.4, 0.5) is 5.82 Å². The zero-order valence-electron chi connectivity index (χ0n) is 15.2. The van der Waals surface area contributed by atoms with Gasteiger partial charge in [-0.05, 0) is 38.3 Å². The van der Waals surface area contributed by atoms with Crippen molar-refractivity contribution in [1.82, 2.24) is 9.88 Å². The first-order chi connectivity index (χ1) is 12.9. The topological polar surface area (TPSA) is 65.5 Å². The van der Waals surface area contributed by atoms with Crippen LogP contribution in [0.5, 0.6) is 0 Å². The van der Waals surface area contributed by atoms with E-state index in [1.807, 2.05) is 17.0 Å². The Morgan fingerprint density at radius 3 is 2.59 bits per heavy atom. The number of halogens is 2. The maximum absolute atomic E-state index is 12.6. The van der Waals surface area contributed by atoms with Crippen molar-refractivity contribution in [2.75, 3.05) is 25.0 Å². The van der Waals surface area contributed by atoms with Crippen molar-refractivity contribution in [1.29, 1.82) is 0 Å². The highest BCUT2D eigenvalue weighted by Crippen LogP contribution is 2.29. The van der Waals surface area contributed by atoms with Gasteiger partial charge in [0.2, 0.25) is 0 Å². The number of carbonyl (C=O) groups is 1. The van der Waals surface area contributed by atoms with Gasteiger partial charge in [-0.25, -0.2) is 4.98 Å². The van der Waals surface area contributed by atoms with Crippen molar-refractivity contribution in [3.8, 4) is 0 Å². The monoisotopic (exact) mass is 407 g/mol. The lowest BCUT2D eigenvalue weighted by Gasteiger charge is -2.27. The molecular formula is C20H23Cl2N3O2. The van der Waals surface area contributed by atoms with E-state index in [2.05, 4.69) is 10.3 Å². The number of hydrogen-bond donors (Lipinski definition) is 2. The number of nitrogens with one attached hydrogen (secondary N) is 1. The smallest absolute Gasteiger partial charge is 0.255 e. The van der Waals surface area contributed by atoms with E-state index < -0.39 is 5.60 Å². The minimum atomic E-state index is -1.20. The lowest BCUT2D eigenvalue weighted by Crippen LogP contribution is -2.35. The lowest BCUT2D eigenvalue weighted by molar-refractivity contribution is 0.0710. The van der Waals surface area contributed by atoms with Crippen LogP contribution < -0.4 is 5.32 Å². The van der Waals surface area contributed by atoms with E-state index in [4.69, 9.17) is 23.2 Å². The summed E-state index contributed by atoms with van der Waals surface area (Å²) in [7, 11) is 0. The number of likely N-dealkylation sites (tertiary alicyclic amines) is 1. The van der Waals surface area contributed by atoms with Gasteiger partial charge in [-0.3, -0.25) is 4.79 Å². The third-order valence-corrected chi connectivity index (χ3v) is 5.40. The summed E-state index contributed by atoms with van der Waals surface area (Å²) >= 11 is 12.5. The molecule has 2 aromatic rings. The molecule has 5 nitrogen and oxygen atoms in total. The molecule has 27 heavy (non-hydrogen) atoms. The maximum atomic E-state index is 12.6. The van der Waals surface area contributed by atoms with E-state index in [0.717, 1.165) is 32.4 Å². The first-order valence-corrected chi connectivity index (χ1v) is 9.80. The Hall–Kier alpha value is -1.82. The summed E-state index contributed by atoms with van der Waals surface area (Å²) in [6, 6.07) is 8.77. The standard InChI is InChI=1S/C20H23Cl2N3O2/c1-20(27,15-7-3-4-8-16(15)21)13-24-18-17(22)11-14(12-23-18)19(26)25-9-5-2-6-10-25/h3-4,7-8,11-12,27H,2,5-6,9-10,13H2,1H3,(H,23,24). The molecule has 1 saturated heterocycles. The van der Waals surface area contributed by atoms with Gasteiger partial charge in [-0.2, -0.15) is 0 Å². The maximum Gasteiger partial charge on any atom is 0.255 e. The van der Waals surface area contributed by atoms with E-state index >= 15 is 0 Å². The fourth-order valence-electron chi connectivity index (χ4n) is 3.21. The number of anilines is 1. The van der Waals surface area contributed by atoms with Crippen LogP contribution in [0.15, 0.2) is 36.5 Å². The van der Waals surface area contributed by atoms with Crippen LogP contribution in [0.1, 0.15) is 42.1 Å². The second-order valence-electron chi connectivity index (χ2n) is 7.01. The van der Waals surface area contributed by atoms with Crippen molar-refractivity contribution in [2.24, 2.45) is 0 Å². The first kappa shape index (κ1) is 19.9. The number of rotatable bonds is 5. The number of pyridine rings is 1. The highest BCUT2D eigenvalue weighted by molar-refractivity contribution is 6.33. The van der Waals surface area contributed by atoms with Crippen molar-refractivity contribution in [3.63, 3.8) is 0 Å². The van der Waals surface area contributed by atoms with Crippen molar-refractivity contribution >= 4 is 34.9 Å². The molecule has 1 aliphatic heterocycles. The Morgan fingerprint density at radius 1 is 1.22 bits per heavy atom. The number of amides is 1. The summed E-state index contributed by atoms with van der Waals surface area (Å²) in [5.41, 5.74) is -0.108. The average molecular weight is 408 g/mol. The van der Waals surface area contributed by atoms with Crippen LogP contribution in [-0.4, -0.2) is 40.5 Å². The summed E-state index contributed by atoms with van der Waals surface area (Å²) in [4.78, 5) is 18.7. The Morgan fingerprint density at radius 2 is 1.93 bits per heavy atom. The Labute approximate surface area is 169 Å². The Kier molecular flexibility index (Phi) is 6.25. The summed E-state index contributed by atoms with van der Waals surface area (Å²) in [5, 5.41) is 14.6. The van der Waals surface area contributed by atoms with Gasteiger partial charge in [-0.1, -0.05) is 41.4 Å². The molecule has 2 N–H and O–H groups in total. The van der Waals surface area contributed by atoms with Crippen LogP contribution in [0, 0.1) is 0 Å². The van der Waals surface area contributed by atoms with E-state index in [-0.39, 0.29) is 12.5 Å². The van der Waals surface area contributed by atoms with Crippen LogP contribution in [-0.2, 0) is 5.60 Å². The van der Waals surface area contributed by atoms with Crippen LogP contribution in [0.3, 0.4) is 0 Å². The minimum Gasteiger partial charge on any atom is -0.384 e. The summed E-state index contributed by atoms with van der Waals surface area (Å²) in [6.45, 7) is 3.39. The number of hydrogen-bond acceptors (Lipinski definition) is 4. The molecule has 3 rings (SSSR count). The molecule has 1 aromatic carbocycles. The molecule has 0 spiro atoms. The first-order valence-electron chi connectivity index (χ1n) is 9.04. The van der Waals surface area contributed by atoms with E-state index in [1.165, 1.54) is 6.20 Å². The highest BCUT2D eigenvalue weighted by Gasteiger charge is 2.26. The predicted molar refractivity (Wildman–Crippen MR) is 109 cm³/mol. The molecule has 1 atom stereocenters. The molecule has 1 aromatic heterocycles. The summed E-state index contributed by atoms with van der Waals surface area (Å²) in [6.07, 6.45) is 4.75. The SMILES string of the molecule is CC(O)(CNc1ncc(C(=O)N2CCCCC2)cc1Cl)c1ccccc1Cl. The van der Waals surface area contributed by atoms with Gasteiger partial charge >= 0.3 is 0 Å². The predicted octanol–water partition coefficient (Wildman–Crippen LogP) is 4.33. The number of aliphatic hydroxyl groups is 1. The normalized spacial score (nSPS) is 16.7. The van der Waals surface area contributed by atoms with Crippen molar-refractivity contribution in [3.05, 3.63) is 57.7 Å². The van der Waals surface area contributed by atoms with E-state index in [1.54, 1.807) is 25.1 Å². The third kappa shape index (κ3) is 4.72. The van der Waals surface area contributed by atoms with Gasteiger partial charge in [0.15, 0.2) is 0 Å². The molecular weight excluding hydrogens is 385 g/mol. The van der Waals surface area contributed by atoms with Gasteiger partial charge in [0.25, 0.3) is 5.91 Å². The molecule has 0 saturated carbocycles. The second-order valence-corrected chi connectivity index (χ2v) is 7.83. The van der Waals surface area contributed by atoms with Gasteiger partial charge in [-0.15, -0.1) is 0 Å². The molecule has 1 fully saturated rings. The fourth-order valence-corrected chi connectivity index (χ4v) is 3.79. The van der Waals surface area contributed by atoms with Gasteiger partial charge in [0.1, 0.15) is 11.4 Å². The molecule has 144 valence electrons. The Bertz CT molecular complexity index is 821. The second kappa shape index (κ2) is 8.46. The van der Waals surface area contributed by atoms with Gasteiger partial charge in [0, 0.05) is 36.4 Å². The molecule has 1 unspecified atom stereocenters. The van der Waals surface area contributed by atoms with Gasteiger partial charge < -0.3 is 15.3 Å². The summed E-state index contributed by atoms with van der Waals surface area (Å²) in [5.74, 6) is 0.373. The van der Waals surface area contributed by atoms with Crippen LogP contribution in [0.2, 0.25) is 10.0 Å². The Balaban J connectivity index is 1.69. The molecule has 7 heteroatoms. The van der Waals surface area contributed by atoms with Crippen molar-refractivity contribution < 1.29 is 9.90 Å². The molecule has 0 bridgehead atoms. The molecule has 1 amide bonds. The van der Waals surface area contributed by atoms with E-state index in [0.29, 0.717) is 27.0 Å². The number of nitrogens with zero attached hydrogens (tertiary/aromatic N) is 2. The third-order valence-electron chi connectivity index (χ3n) is 4.79. The van der Waals surface area contributed by atoms with Crippen LogP contribution in [0.25, 0.3) is 0 Å². The molecule has 1 aliphatic rings. The fraction of sp³-hybridized carbons (Fsp3) is 0.400. The quantitative estimate of drug-likeness (QED) is 0.773. The number of carbonyl (C=O) groups excluding carboxylic acids is 1. The largest absolute Gasteiger partial charge is 0.384 e. The molecule has 2 heterocycles. The minimum absolute atomic E-state index is 0.0429. The molecule has 0 aliphatic carbocycles. The average Bonchev–Trinajstić information content (AvgIpc) is 2.67. The number of benzene rings is 1. The lowest BCUT2D eigenvalue weighted by atomic mass is 9.96. The zero-order chi connectivity index (χ0) is 19.4. The molecule has 0 radical (unpaired) electrons. The number of piperidine rings is 1. The van der Waals surface area contributed by atoms with E-state index in [9.17, 15) is 9.90 Å². The zero-order valence-corrected chi connectivity index (χ0v) is 16.7. The number of aromatic nitrogens is 1. The highest BCUT2D eigenvalue weighted by atomic mass is 35.5.